The molecule has 5 rings (SSSR count). The van der Waals surface area contributed by atoms with E-state index in [1.165, 1.54) is 16.2 Å². The summed E-state index contributed by atoms with van der Waals surface area (Å²) in [7, 11) is 0. The molecule has 0 N–H and O–H groups in total. The molecular weight excluding hydrogens is 296 g/mol. The van der Waals surface area contributed by atoms with E-state index in [2.05, 4.69) is 17.1 Å². The van der Waals surface area contributed by atoms with E-state index in [1.54, 1.807) is 0 Å². The molecule has 2 heterocycles. The van der Waals surface area contributed by atoms with Crippen LogP contribution in [-0.2, 0) is 9.59 Å². The third-order valence-corrected chi connectivity index (χ3v) is 6.20. The van der Waals surface area contributed by atoms with E-state index < -0.39 is 0 Å². The second-order valence-electron chi connectivity index (χ2n) is 6.48. The number of fused-ring (bicyclic) bond motifs is 6. The molecule has 4 atom stereocenters. The Kier molecular flexibility index (Phi) is 2.30. The number of thiazole rings is 1. The van der Waals surface area contributed by atoms with E-state index >= 15 is 0 Å². The summed E-state index contributed by atoms with van der Waals surface area (Å²) in [4.78, 5) is 31.4. The fourth-order valence-electron chi connectivity index (χ4n) is 4.21. The van der Waals surface area contributed by atoms with Gasteiger partial charge in [0.05, 0.1) is 22.1 Å². The van der Waals surface area contributed by atoms with Gasteiger partial charge in [-0.2, -0.15) is 0 Å². The summed E-state index contributed by atoms with van der Waals surface area (Å²) in [6, 6.07) is 5.99. The van der Waals surface area contributed by atoms with Crippen LogP contribution in [0.25, 0.3) is 10.2 Å². The lowest BCUT2D eigenvalue weighted by Crippen LogP contribution is -2.32. The molecule has 2 aromatic rings. The van der Waals surface area contributed by atoms with Crippen molar-refractivity contribution in [3.8, 4) is 0 Å². The Balaban J connectivity index is 1.60. The number of allylic oxidation sites excluding steroid dienone is 2. The summed E-state index contributed by atoms with van der Waals surface area (Å²) < 4.78 is 1.02. The third-order valence-electron chi connectivity index (χ3n) is 5.19. The molecule has 5 heteroatoms. The van der Waals surface area contributed by atoms with Gasteiger partial charge in [-0.05, 0) is 42.9 Å². The maximum Gasteiger partial charge on any atom is 0.240 e. The van der Waals surface area contributed by atoms with Crippen LogP contribution in [0.1, 0.15) is 12.0 Å². The van der Waals surface area contributed by atoms with Gasteiger partial charge in [-0.1, -0.05) is 29.6 Å². The summed E-state index contributed by atoms with van der Waals surface area (Å²) >= 11 is 1.43. The first-order valence-electron chi connectivity index (χ1n) is 7.57. The van der Waals surface area contributed by atoms with Gasteiger partial charge in [-0.25, -0.2) is 9.88 Å². The van der Waals surface area contributed by atoms with Crippen molar-refractivity contribution in [1.29, 1.82) is 0 Å². The highest BCUT2D eigenvalue weighted by molar-refractivity contribution is 7.22. The van der Waals surface area contributed by atoms with Crippen molar-refractivity contribution < 1.29 is 9.59 Å². The van der Waals surface area contributed by atoms with E-state index in [-0.39, 0.29) is 35.5 Å². The number of imide groups is 1. The van der Waals surface area contributed by atoms with Crippen LogP contribution in [0.4, 0.5) is 5.13 Å². The third kappa shape index (κ3) is 1.44. The maximum absolute atomic E-state index is 12.8. The normalized spacial score (nSPS) is 32.5. The molecule has 2 bridgehead atoms. The number of hydrogen-bond donors (Lipinski definition) is 0. The summed E-state index contributed by atoms with van der Waals surface area (Å²) in [5.41, 5.74) is 2.00. The Labute approximate surface area is 131 Å². The van der Waals surface area contributed by atoms with E-state index in [9.17, 15) is 9.59 Å². The molecule has 1 saturated carbocycles. The lowest BCUT2D eigenvalue weighted by molar-refractivity contribution is -0.123. The number of hydrogen-bond acceptors (Lipinski definition) is 4. The first-order chi connectivity index (χ1) is 10.6. The van der Waals surface area contributed by atoms with Crippen molar-refractivity contribution in [3.05, 3.63) is 35.9 Å². The van der Waals surface area contributed by atoms with Crippen molar-refractivity contribution in [1.82, 2.24) is 4.98 Å². The molecule has 2 aliphatic carbocycles. The average Bonchev–Trinajstić information content (AvgIpc) is 3.21. The van der Waals surface area contributed by atoms with Crippen molar-refractivity contribution in [2.24, 2.45) is 23.7 Å². The van der Waals surface area contributed by atoms with Crippen LogP contribution >= 0.6 is 11.3 Å². The predicted molar refractivity (Wildman–Crippen MR) is 84.6 cm³/mol. The van der Waals surface area contributed by atoms with Crippen molar-refractivity contribution in [2.45, 2.75) is 13.3 Å². The Morgan fingerprint density at radius 2 is 1.82 bits per heavy atom. The molecule has 1 aliphatic heterocycles. The van der Waals surface area contributed by atoms with E-state index in [0.717, 1.165) is 22.2 Å². The van der Waals surface area contributed by atoms with Gasteiger partial charge in [0.25, 0.3) is 0 Å². The van der Waals surface area contributed by atoms with Crippen molar-refractivity contribution in [3.63, 3.8) is 0 Å². The number of aryl methyl sites for hydroxylation is 1. The molecule has 2 unspecified atom stereocenters. The SMILES string of the molecule is Cc1ccc2nc(N3C(=O)[C@@H]4C5C=CC(C5)[C@@H]4C3=O)sc2c1. The van der Waals surface area contributed by atoms with E-state index in [1.807, 2.05) is 25.1 Å². The Hall–Kier alpha value is -2.01. The van der Waals surface area contributed by atoms with Crippen LogP contribution < -0.4 is 4.90 Å². The molecular formula is C17H14N2O2S. The Morgan fingerprint density at radius 3 is 2.50 bits per heavy atom. The lowest BCUT2D eigenvalue weighted by Gasteiger charge is -2.14. The minimum absolute atomic E-state index is 0.0531. The molecule has 3 aliphatic rings. The number of carbonyl (C=O) groups is 2. The predicted octanol–water partition coefficient (Wildman–Crippen LogP) is 2.92. The van der Waals surface area contributed by atoms with E-state index in [4.69, 9.17) is 0 Å². The summed E-state index contributed by atoms with van der Waals surface area (Å²) in [6.07, 6.45) is 5.18. The van der Waals surface area contributed by atoms with Crippen LogP contribution in [0, 0.1) is 30.6 Å². The van der Waals surface area contributed by atoms with Crippen molar-refractivity contribution in [2.75, 3.05) is 4.90 Å². The number of benzene rings is 1. The van der Waals surface area contributed by atoms with Gasteiger partial charge in [-0.3, -0.25) is 9.59 Å². The topological polar surface area (TPSA) is 50.3 Å². The van der Waals surface area contributed by atoms with Gasteiger partial charge in [0.1, 0.15) is 0 Å². The number of nitrogens with zero attached hydrogens (tertiary/aromatic N) is 2. The average molecular weight is 310 g/mol. The highest BCUT2D eigenvalue weighted by Gasteiger charge is 2.60. The van der Waals surface area contributed by atoms with Gasteiger partial charge >= 0.3 is 0 Å². The van der Waals surface area contributed by atoms with Gasteiger partial charge in [0.15, 0.2) is 5.13 Å². The molecule has 110 valence electrons. The molecule has 2 amide bonds. The van der Waals surface area contributed by atoms with Crippen LogP contribution in [0.2, 0.25) is 0 Å². The molecule has 1 aromatic heterocycles. The Bertz CT molecular complexity index is 839. The zero-order valence-corrected chi connectivity index (χ0v) is 12.8. The molecule has 1 aromatic carbocycles. The Morgan fingerprint density at radius 1 is 1.14 bits per heavy atom. The van der Waals surface area contributed by atoms with Crippen LogP contribution in [0.3, 0.4) is 0 Å². The quantitative estimate of drug-likeness (QED) is 0.601. The molecule has 1 saturated heterocycles. The van der Waals surface area contributed by atoms with Gasteiger partial charge in [-0.15, -0.1) is 0 Å². The molecule has 0 spiro atoms. The molecule has 22 heavy (non-hydrogen) atoms. The van der Waals surface area contributed by atoms with Crippen molar-refractivity contribution >= 4 is 38.5 Å². The summed E-state index contributed by atoms with van der Waals surface area (Å²) in [5, 5.41) is 0.532. The highest BCUT2D eigenvalue weighted by Crippen LogP contribution is 2.53. The lowest BCUT2D eigenvalue weighted by atomic mass is 9.85. The smallest absolute Gasteiger partial charge is 0.240 e. The standard InChI is InChI=1S/C17H14N2O2S/c1-8-2-5-11-12(6-8)22-17(18-11)19-15(20)13-9-3-4-10(7-9)14(13)16(19)21/h2-6,9-10,13-14H,7H2,1H3/t9?,10?,13-,14+. The van der Waals surface area contributed by atoms with Crippen LogP contribution in [0.5, 0.6) is 0 Å². The van der Waals surface area contributed by atoms with Crippen LogP contribution in [0.15, 0.2) is 30.4 Å². The zero-order valence-electron chi connectivity index (χ0n) is 12.0. The number of anilines is 1. The summed E-state index contributed by atoms with van der Waals surface area (Å²) in [5.74, 6) is 0.0684. The number of rotatable bonds is 1. The minimum Gasteiger partial charge on any atom is -0.274 e. The minimum atomic E-state index is -0.156. The second-order valence-corrected chi connectivity index (χ2v) is 7.49. The number of carbonyl (C=O) groups excluding carboxylic acids is 2. The number of aromatic nitrogens is 1. The number of amides is 2. The van der Waals surface area contributed by atoms with E-state index in [0.29, 0.717) is 5.13 Å². The second kappa shape index (κ2) is 4.04. The first kappa shape index (κ1) is 12.5. The highest BCUT2D eigenvalue weighted by atomic mass is 32.1. The van der Waals surface area contributed by atoms with Crippen LogP contribution in [-0.4, -0.2) is 16.8 Å². The van der Waals surface area contributed by atoms with Gasteiger partial charge in [0.2, 0.25) is 11.8 Å². The first-order valence-corrected chi connectivity index (χ1v) is 8.38. The zero-order chi connectivity index (χ0) is 15.0. The monoisotopic (exact) mass is 310 g/mol. The largest absolute Gasteiger partial charge is 0.274 e. The fraction of sp³-hybridized carbons (Fsp3) is 0.353. The molecule has 2 fully saturated rings. The molecule has 4 nitrogen and oxygen atoms in total. The maximum atomic E-state index is 12.8. The molecule has 0 radical (unpaired) electrons. The van der Waals surface area contributed by atoms with Gasteiger partial charge in [0, 0.05) is 0 Å². The summed E-state index contributed by atoms with van der Waals surface area (Å²) in [6.45, 7) is 2.03. The fourth-order valence-corrected chi connectivity index (χ4v) is 5.28. The van der Waals surface area contributed by atoms with Gasteiger partial charge < -0.3 is 0 Å².